The Morgan fingerprint density at radius 2 is 1.61 bits per heavy atom. The Bertz CT molecular complexity index is 2760. The number of nitrogens with one attached hydrogen (secondary N) is 4. The third kappa shape index (κ3) is 13.1. The first-order valence-electron chi connectivity index (χ1n) is 24.7. The summed E-state index contributed by atoms with van der Waals surface area (Å²) < 4.78 is 5.41. The van der Waals surface area contributed by atoms with Crippen LogP contribution >= 0.6 is 11.3 Å². The second-order valence-electron chi connectivity index (χ2n) is 20.1. The van der Waals surface area contributed by atoms with E-state index in [2.05, 4.69) is 31.4 Å². The van der Waals surface area contributed by atoms with Crippen molar-refractivity contribution in [2.24, 2.45) is 5.41 Å². The number of phenols is 1. The van der Waals surface area contributed by atoms with Crippen LogP contribution in [0.1, 0.15) is 138 Å². The van der Waals surface area contributed by atoms with Crippen molar-refractivity contribution in [3.63, 3.8) is 0 Å². The van der Waals surface area contributed by atoms with Gasteiger partial charge in [-0.05, 0) is 84.5 Å². The molecule has 2 aliphatic rings. The van der Waals surface area contributed by atoms with Gasteiger partial charge in [0.05, 0.1) is 33.8 Å². The highest BCUT2D eigenvalue weighted by atomic mass is 32.1. The molecule has 0 spiro atoms. The predicted octanol–water partition coefficient (Wildman–Crippen LogP) is 6.87. The Morgan fingerprint density at radius 1 is 0.889 bits per heavy atom. The van der Waals surface area contributed by atoms with Gasteiger partial charge in [0.2, 0.25) is 17.7 Å². The number of aromatic hydroxyl groups is 1. The molecule has 6 amide bonds. The van der Waals surface area contributed by atoms with E-state index in [1.807, 2.05) is 69.6 Å². The van der Waals surface area contributed by atoms with Crippen LogP contribution in [0.2, 0.25) is 0 Å². The number of aliphatic hydroxyl groups is 1. The molecule has 0 radical (unpaired) electrons. The van der Waals surface area contributed by atoms with E-state index in [0.29, 0.717) is 30.5 Å². The quantitative estimate of drug-likeness (QED) is 0.0440. The van der Waals surface area contributed by atoms with Gasteiger partial charge in [-0.1, -0.05) is 88.0 Å². The van der Waals surface area contributed by atoms with Crippen LogP contribution in [-0.4, -0.2) is 111 Å². The maximum atomic E-state index is 14.0. The first-order valence-corrected chi connectivity index (χ1v) is 25.5. The first kappa shape index (κ1) is 52.9. The standard InChI is InChI=1S/C54H66N8O9S/c1-32-47(72-31-57-32)35-16-14-33(15-17-35)29-56-51(68)43-27-38(63)30-62(43)53(70)48(54(2,3)4)59-46(65)13-11-9-7-8-10-12-24-55-49(66)37-19-18-34-21-23-41(40(34)25-37)58-50(67)42-28-45(71-60-42)36-20-22-39(44(64)26-36)52(69)61(5)6/h14-20,22,25-26,28,31,38,41,43,48,63-64H,7-13,21,23-24,27,29-30H2,1-6H3,(H,55,66)(H,56,68)(H,58,67)(H,59,65)/t38-,41-,43+,48?/m1/s1. The molecule has 5 aromatic rings. The number of likely N-dealkylation sites (tertiary alicyclic amines) is 1. The molecule has 0 saturated carbocycles. The molecular weight excluding hydrogens is 937 g/mol. The zero-order valence-corrected chi connectivity index (χ0v) is 42.7. The van der Waals surface area contributed by atoms with Crippen molar-refractivity contribution in [1.82, 2.24) is 41.2 Å². The summed E-state index contributed by atoms with van der Waals surface area (Å²) in [6, 6.07) is 17.3. The monoisotopic (exact) mass is 1000 g/mol. The van der Waals surface area contributed by atoms with E-state index >= 15 is 0 Å². The van der Waals surface area contributed by atoms with Crippen molar-refractivity contribution < 1.29 is 43.5 Å². The van der Waals surface area contributed by atoms with Gasteiger partial charge >= 0.3 is 0 Å². The van der Waals surface area contributed by atoms with Crippen molar-refractivity contribution in [1.29, 1.82) is 0 Å². The minimum Gasteiger partial charge on any atom is -0.507 e. The third-order valence-electron chi connectivity index (χ3n) is 13.3. The number of carbonyl (C=O) groups excluding carboxylic acids is 6. The number of carbonyl (C=O) groups is 6. The number of thiazole rings is 1. The maximum Gasteiger partial charge on any atom is 0.273 e. The second-order valence-corrected chi connectivity index (χ2v) is 20.9. The van der Waals surface area contributed by atoms with E-state index in [1.165, 1.54) is 28.0 Å². The van der Waals surface area contributed by atoms with Crippen molar-refractivity contribution >= 4 is 46.8 Å². The highest BCUT2D eigenvalue weighted by molar-refractivity contribution is 7.13. The number of unbranched alkanes of at least 4 members (excludes halogenated alkanes) is 5. The number of rotatable bonds is 20. The lowest BCUT2D eigenvalue weighted by molar-refractivity contribution is -0.144. The van der Waals surface area contributed by atoms with E-state index in [9.17, 15) is 39.0 Å². The minimum absolute atomic E-state index is 0.00637. The van der Waals surface area contributed by atoms with Gasteiger partial charge in [-0.15, -0.1) is 11.3 Å². The molecule has 0 bridgehead atoms. The maximum absolute atomic E-state index is 14.0. The molecule has 7 rings (SSSR count). The van der Waals surface area contributed by atoms with Gasteiger partial charge in [0.1, 0.15) is 17.8 Å². The van der Waals surface area contributed by atoms with Crippen LogP contribution in [0.5, 0.6) is 5.75 Å². The molecule has 3 aromatic carbocycles. The fourth-order valence-corrected chi connectivity index (χ4v) is 10.00. The van der Waals surface area contributed by atoms with Crippen LogP contribution < -0.4 is 21.3 Å². The summed E-state index contributed by atoms with van der Waals surface area (Å²) >= 11 is 1.57. The molecule has 1 unspecified atom stereocenters. The summed E-state index contributed by atoms with van der Waals surface area (Å²) in [7, 11) is 3.18. The molecular formula is C54H66N8O9S. The van der Waals surface area contributed by atoms with E-state index in [1.54, 1.807) is 37.6 Å². The van der Waals surface area contributed by atoms with E-state index < -0.39 is 35.4 Å². The zero-order chi connectivity index (χ0) is 51.7. The molecule has 17 nitrogen and oxygen atoms in total. The highest BCUT2D eigenvalue weighted by Crippen LogP contribution is 2.34. The number of phenolic OH excluding ortho intramolecular Hbond substituents is 1. The molecule has 1 aliphatic carbocycles. The normalized spacial score (nSPS) is 16.7. The Hall–Kier alpha value is -6.92. The van der Waals surface area contributed by atoms with Gasteiger partial charge in [-0.3, -0.25) is 28.8 Å². The van der Waals surface area contributed by atoms with Crippen molar-refractivity contribution in [3.05, 3.63) is 111 Å². The molecule has 382 valence electrons. The second kappa shape index (κ2) is 23.5. The topological polar surface area (TPSA) is 236 Å². The number of aromatic nitrogens is 2. The summed E-state index contributed by atoms with van der Waals surface area (Å²) in [5.41, 5.74) is 7.15. The molecule has 4 atom stereocenters. The van der Waals surface area contributed by atoms with E-state index in [0.717, 1.165) is 71.3 Å². The number of β-amino-alcohol motifs (C(OH)–C–C–N with tert-alkyl or cyclic N) is 1. The van der Waals surface area contributed by atoms with Crippen LogP contribution in [0.15, 0.2) is 76.8 Å². The van der Waals surface area contributed by atoms with Crippen LogP contribution in [0.3, 0.4) is 0 Å². The fraction of sp³-hybridized carbons (Fsp3) is 0.444. The van der Waals surface area contributed by atoms with Gasteiger partial charge in [0, 0.05) is 63.8 Å². The molecule has 1 aliphatic heterocycles. The molecule has 1 saturated heterocycles. The average Bonchev–Trinajstić information content (AvgIpc) is 4.18. The number of benzene rings is 3. The Morgan fingerprint density at radius 3 is 2.31 bits per heavy atom. The minimum atomic E-state index is -0.889. The Balaban J connectivity index is 0.793. The first-order chi connectivity index (χ1) is 34.4. The SMILES string of the molecule is Cc1ncsc1-c1ccc(CNC(=O)[C@@H]2C[C@@H](O)CN2C(=O)C(NC(=O)CCCCCCCCNC(=O)c2ccc3c(c2)[C@H](NC(=O)c2cc(-c4ccc(C(=O)N(C)C)c(O)c4)on2)CC3)C(C)(C)C)cc1. The van der Waals surface area contributed by atoms with Crippen LogP contribution in [0, 0.1) is 12.3 Å². The lowest BCUT2D eigenvalue weighted by Gasteiger charge is -2.35. The van der Waals surface area contributed by atoms with Crippen LogP contribution in [-0.2, 0) is 27.3 Å². The highest BCUT2D eigenvalue weighted by Gasteiger charge is 2.44. The number of nitrogens with zero attached hydrogens (tertiary/aromatic N) is 4. The van der Waals surface area contributed by atoms with Crippen LogP contribution in [0.4, 0.5) is 0 Å². The number of hydrogen-bond acceptors (Lipinski definition) is 12. The van der Waals surface area contributed by atoms with Gasteiger partial charge in [0.15, 0.2) is 11.5 Å². The number of fused-ring (bicyclic) bond motifs is 1. The smallest absolute Gasteiger partial charge is 0.273 e. The average molecular weight is 1000 g/mol. The molecule has 72 heavy (non-hydrogen) atoms. The molecule has 6 N–H and O–H groups in total. The number of aliphatic hydroxyl groups excluding tert-OH is 1. The number of hydrogen-bond donors (Lipinski definition) is 6. The largest absolute Gasteiger partial charge is 0.507 e. The van der Waals surface area contributed by atoms with Crippen molar-refractivity contribution in [3.8, 4) is 27.5 Å². The molecule has 2 aromatic heterocycles. The number of amides is 6. The molecule has 3 heterocycles. The van der Waals surface area contributed by atoms with Crippen molar-refractivity contribution in [2.75, 3.05) is 27.2 Å². The van der Waals surface area contributed by atoms with Crippen molar-refractivity contribution in [2.45, 2.75) is 123 Å². The third-order valence-corrected chi connectivity index (χ3v) is 14.3. The number of aryl methyl sites for hydroxylation is 2. The lowest BCUT2D eigenvalue weighted by Crippen LogP contribution is -2.57. The molecule has 18 heteroatoms. The zero-order valence-electron chi connectivity index (χ0n) is 41.9. The lowest BCUT2D eigenvalue weighted by atomic mass is 9.85. The fourth-order valence-electron chi connectivity index (χ4n) is 9.19. The van der Waals surface area contributed by atoms with Gasteiger partial charge in [0.25, 0.3) is 17.7 Å². The van der Waals surface area contributed by atoms with Crippen LogP contribution in [0.25, 0.3) is 21.8 Å². The summed E-state index contributed by atoms with van der Waals surface area (Å²) in [5.74, 6) is -1.94. The predicted molar refractivity (Wildman–Crippen MR) is 273 cm³/mol. The van der Waals surface area contributed by atoms with E-state index in [-0.39, 0.29) is 78.4 Å². The van der Waals surface area contributed by atoms with Gasteiger partial charge in [-0.25, -0.2) is 4.98 Å². The van der Waals surface area contributed by atoms with Gasteiger partial charge < -0.3 is 45.8 Å². The summed E-state index contributed by atoms with van der Waals surface area (Å²) in [4.78, 5) is 87.6. The summed E-state index contributed by atoms with van der Waals surface area (Å²) in [6.07, 6.45) is 5.90. The summed E-state index contributed by atoms with van der Waals surface area (Å²) in [6.45, 7) is 8.35. The van der Waals surface area contributed by atoms with Gasteiger partial charge in [-0.2, -0.15) is 0 Å². The summed E-state index contributed by atoms with van der Waals surface area (Å²) in [5, 5.41) is 36.9. The molecule has 1 fully saturated rings. The Kier molecular flexibility index (Phi) is 17.3. The Labute approximate surface area is 424 Å². The van der Waals surface area contributed by atoms with E-state index in [4.69, 9.17) is 4.52 Å².